The molecule has 11 heteroatoms. The Morgan fingerprint density at radius 2 is 1.59 bits per heavy atom. The van der Waals surface area contributed by atoms with Crippen LogP contribution in [0.25, 0.3) is 0 Å². The van der Waals surface area contributed by atoms with Crippen molar-refractivity contribution in [3.8, 4) is 0 Å². The van der Waals surface area contributed by atoms with Crippen LogP contribution in [-0.2, 0) is 32.3 Å². The predicted octanol–water partition coefficient (Wildman–Crippen LogP) is 4.76. The second-order valence-electron chi connectivity index (χ2n) is 8.92. The molecular weight excluding hydrogens is 531 g/mol. The molecule has 3 aromatic rings. The molecule has 0 aliphatic carbocycles. The van der Waals surface area contributed by atoms with E-state index in [2.05, 4.69) is 5.32 Å². The molecule has 7 nitrogen and oxygen atoms in total. The third-order valence-corrected chi connectivity index (χ3v) is 7.97. The lowest BCUT2D eigenvalue weighted by Crippen LogP contribution is -2.51. The number of likely N-dealkylation sites (N-methyl/N-ethyl adjacent to an activating group) is 1. The van der Waals surface area contributed by atoms with E-state index in [1.807, 2.05) is 0 Å². The summed E-state index contributed by atoms with van der Waals surface area (Å²) in [6.07, 6.45) is -4.50. The summed E-state index contributed by atoms with van der Waals surface area (Å²) in [7, 11) is -3.05. The zero-order valence-corrected chi connectivity index (χ0v) is 22.6. The van der Waals surface area contributed by atoms with Gasteiger partial charge in [0.05, 0.1) is 16.1 Å². The van der Waals surface area contributed by atoms with Crippen LogP contribution in [0.15, 0.2) is 83.8 Å². The number of carbonyl (C=O) groups excluding carboxylic acids is 2. The molecule has 0 aliphatic heterocycles. The van der Waals surface area contributed by atoms with Crippen molar-refractivity contribution in [3.63, 3.8) is 0 Å². The molecule has 0 aromatic heterocycles. The third-order valence-electron chi connectivity index (χ3n) is 6.18. The highest BCUT2D eigenvalue weighted by atomic mass is 32.2. The lowest BCUT2D eigenvalue weighted by molar-refractivity contribution is -0.140. The number of anilines is 1. The molecule has 208 valence electrons. The van der Waals surface area contributed by atoms with E-state index in [1.165, 1.54) is 30.1 Å². The van der Waals surface area contributed by atoms with E-state index in [0.717, 1.165) is 17.7 Å². The standard InChI is InChI=1S/C28H30F3N3O4S/c1-4-25(27(36)32-3)33(18-21-9-6-5-7-10-21)26(35)19-34(23-12-8-11-22(17-23)28(29,30)31)39(37,38)24-15-13-20(2)14-16-24/h5-17,25H,4,18-19H2,1-3H3,(H,32,36)/t25-/m0/s1. The summed E-state index contributed by atoms with van der Waals surface area (Å²) in [6, 6.07) is 17.4. The number of hydrogen-bond donors (Lipinski definition) is 1. The summed E-state index contributed by atoms with van der Waals surface area (Å²) in [5, 5.41) is 2.52. The maximum atomic E-state index is 13.8. The first kappa shape index (κ1) is 29.7. The van der Waals surface area contributed by atoms with Gasteiger partial charge in [-0.3, -0.25) is 13.9 Å². The number of halogens is 3. The first-order valence-electron chi connectivity index (χ1n) is 12.2. The van der Waals surface area contributed by atoms with Gasteiger partial charge in [0, 0.05) is 13.6 Å². The highest BCUT2D eigenvalue weighted by Crippen LogP contribution is 2.33. The van der Waals surface area contributed by atoms with Gasteiger partial charge in [0.15, 0.2) is 0 Å². The Labute approximate surface area is 226 Å². The molecule has 2 amide bonds. The molecule has 3 aromatic carbocycles. The second-order valence-corrected chi connectivity index (χ2v) is 10.8. The molecule has 0 aliphatic rings. The Bertz CT molecular complexity index is 1400. The van der Waals surface area contributed by atoms with E-state index in [9.17, 15) is 31.2 Å². The average molecular weight is 562 g/mol. The van der Waals surface area contributed by atoms with Gasteiger partial charge >= 0.3 is 6.18 Å². The number of rotatable bonds is 10. The van der Waals surface area contributed by atoms with Gasteiger partial charge in [-0.1, -0.05) is 61.0 Å². The fourth-order valence-corrected chi connectivity index (χ4v) is 5.48. The van der Waals surface area contributed by atoms with Crippen LogP contribution in [0.2, 0.25) is 0 Å². The van der Waals surface area contributed by atoms with Gasteiger partial charge in [-0.2, -0.15) is 13.2 Å². The summed E-state index contributed by atoms with van der Waals surface area (Å²) in [5.74, 6) is -1.20. The monoisotopic (exact) mass is 561 g/mol. The average Bonchev–Trinajstić information content (AvgIpc) is 2.91. The topological polar surface area (TPSA) is 86.8 Å². The smallest absolute Gasteiger partial charge is 0.357 e. The van der Waals surface area contributed by atoms with Crippen LogP contribution in [0.5, 0.6) is 0 Å². The molecule has 0 saturated heterocycles. The maximum absolute atomic E-state index is 13.8. The van der Waals surface area contributed by atoms with E-state index in [0.29, 0.717) is 15.9 Å². The molecule has 3 rings (SSSR count). The Hall–Kier alpha value is -3.86. The Morgan fingerprint density at radius 1 is 0.949 bits per heavy atom. The summed E-state index contributed by atoms with van der Waals surface area (Å²) < 4.78 is 68.7. The molecule has 0 spiro atoms. The second kappa shape index (κ2) is 12.3. The first-order valence-corrected chi connectivity index (χ1v) is 13.6. The summed E-state index contributed by atoms with van der Waals surface area (Å²) >= 11 is 0. The molecule has 1 N–H and O–H groups in total. The zero-order valence-electron chi connectivity index (χ0n) is 21.8. The van der Waals surface area contributed by atoms with E-state index in [4.69, 9.17) is 0 Å². The quantitative estimate of drug-likeness (QED) is 0.387. The summed E-state index contributed by atoms with van der Waals surface area (Å²) in [4.78, 5) is 27.5. The Morgan fingerprint density at radius 3 is 2.15 bits per heavy atom. The van der Waals surface area contributed by atoms with Crippen LogP contribution >= 0.6 is 0 Å². The Balaban J connectivity index is 2.11. The highest BCUT2D eigenvalue weighted by molar-refractivity contribution is 7.92. The van der Waals surface area contributed by atoms with Crippen molar-refractivity contribution in [2.75, 3.05) is 17.9 Å². The van der Waals surface area contributed by atoms with Crippen LogP contribution < -0.4 is 9.62 Å². The molecule has 0 radical (unpaired) electrons. The number of alkyl halides is 3. The lowest BCUT2D eigenvalue weighted by Gasteiger charge is -2.33. The van der Waals surface area contributed by atoms with Crippen LogP contribution in [-0.4, -0.2) is 44.8 Å². The summed E-state index contributed by atoms with van der Waals surface area (Å²) in [5.41, 5.74) is 0.0853. The normalized spacial score (nSPS) is 12.5. The van der Waals surface area contributed by atoms with Gasteiger partial charge in [-0.15, -0.1) is 0 Å². The van der Waals surface area contributed by atoms with Gasteiger partial charge in [0.2, 0.25) is 11.8 Å². The predicted molar refractivity (Wildman–Crippen MR) is 142 cm³/mol. The minimum absolute atomic E-state index is 0.00733. The number of benzene rings is 3. The molecule has 0 bridgehead atoms. The van der Waals surface area contributed by atoms with Crippen molar-refractivity contribution < 1.29 is 31.2 Å². The van der Waals surface area contributed by atoms with Crippen molar-refractivity contribution in [1.29, 1.82) is 0 Å². The molecule has 39 heavy (non-hydrogen) atoms. The first-order chi connectivity index (χ1) is 18.4. The van der Waals surface area contributed by atoms with Gasteiger partial charge in [-0.05, 0) is 49.2 Å². The molecular formula is C28H30F3N3O4S. The van der Waals surface area contributed by atoms with Crippen molar-refractivity contribution in [2.45, 2.75) is 43.9 Å². The number of hydrogen-bond acceptors (Lipinski definition) is 4. The largest absolute Gasteiger partial charge is 0.416 e. The minimum Gasteiger partial charge on any atom is -0.357 e. The fourth-order valence-electron chi connectivity index (χ4n) is 4.07. The number of nitrogens with one attached hydrogen (secondary N) is 1. The van der Waals surface area contributed by atoms with Crippen molar-refractivity contribution in [2.24, 2.45) is 0 Å². The van der Waals surface area contributed by atoms with E-state index >= 15 is 0 Å². The van der Waals surface area contributed by atoms with E-state index in [1.54, 1.807) is 56.3 Å². The molecule has 0 saturated carbocycles. The van der Waals surface area contributed by atoms with Crippen molar-refractivity contribution in [1.82, 2.24) is 10.2 Å². The molecule has 0 fully saturated rings. The van der Waals surface area contributed by atoms with Crippen LogP contribution in [0, 0.1) is 6.92 Å². The molecule has 0 heterocycles. The lowest BCUT2D eigenvalue weighted by atomic mass is 10.1. The van der Waals surface area contributed by atoms with Crippen LogP contribution in [0.4, 0.5) is 18.9 Å². The molecule has 0 unspecified atom stereocenters. The van der Waals surface area contributed by atoms with Crippen molar-refractivity contribution in [3.05, 3.63) is 95.6 Å². The zero-order chi connectivity index (χ0) is 28.8. The minimum atomic E-state index is -4.73. The number of nitrogens with zero attached hydrogens (tertiary/aromatic N) is 2. The SMILES string of the molecule is CC[C@@H](C(=O)NC)N(Cc1ccccc1)C(=O)CN(c1cccc(C(F)(F)F)c1)S(=O)(=O)c1ccc(C)cc1. The fraction of sp³-hybridized carbons (Fsp3) is 0.286. The van der Waals surface area contributed by atoms with Crippen molar-refractivity contribution >= 4 is 27.5 Å². The van der Waals surface area contributed by atoms with Gasteiger partial charge in [0.1, 0.15) is 12.6 Å². The number of sulfonamides is 1. The third kappa shape index (κ3) is 7.17. The number of aryl methyl sites for hydroxylation is 1. The van der Waals surface area contributed by atoms with E-state index < -0.39 is 46.2 Å². The number of carbonyl (C=O) groups is 2. The van der Waals surface area contributed by atoms with Gasteiger partial charge in [0.25, 0.3) is 10.0 Å². The number of amides is 2. The Kier molecular flexibility index (Phi) is 9.39. The van der Waals surface area contributed by atoms with Crippen LogP contribution in [0.1, 0.15) is 30.0 Å². The van der Waals surface area contributed by atoms with Gasteiger partial charge in [-0.25, -0.2) is 8.42 Å². The highest BCUT2D eigenvalue weighted by Gasteiger charge is 2.35. The maximum Gasteiger partial charge on any atom is 0.416 e. The van der Waals surface area contributed by atoms with Gasteiger partial charge < -0.3 is 10.2 Å². The molecule has 1 atom stereocenters. The van der Waals surface area contributed by atoms with E-state index in [-0.39, 0.29) is 23.5 Å². The summed E-state index contributed by atoms with van der Waals surface area (Å²) in [6.45, 7) is 2.64. The van der Waals surface area contributed by atoms with Crippen LogP contribution in [0.3, 0.4) is 0 Å².